The van der Waals surface area contributed by atoms with E-state index in [1.165, 1.54) is 17.6 Å². The van der Waals surface area contributed by atoms with Gasteiger partial charge in [-0.3, -0.25) is 14.4 Å². The van der Waals surface area contributed by atoms with Crippen LogP contribution in [-0.4, -0.2) is 73.7 Å². The third-order valence-corrected chi connectivity index (χ3v) is 7.11. The van der Waals surface area contributed by atoms with Crippen molar-refractivity contribution in [2.75, 3.05) is 56.9 Å². The van der Waals surface area contributed by atoms with Gasteiger partial charge >= 0.3 is 0 Å². The van der Waals surface area contributed by atoms with Gasteiger partial charge in [0, 0.05) is 12.6 Å². The van der Waals surface area contributed by atoms with Crippen LogP contribution < -0.4 is 21.3 Å². The number of hydrogen-bond donors (Lipinski definition) is 4. The highest BCUT2D eigenvalue weighted by atomic mass is 32.1. The molecule has 1 saturated heterocycles. The van der Waals surface area contributed by atoms with Gasteiger partial charge in [0.05, 0.1) is 18.8 Å². The lowest BCUT2D eigenvalue weighted by Crippen LogP contribution is -2.56. The Bertz CT molecular complexity index is 951. The smallest absolute Gasteiger partial charge is 0.280 e. The third-order valence-electron chi connectivity index (χ3n) is 6.01. The Balaban J connectivity index is 1.67. The van der Waals surface area contributed by atoms with E-state index in [4.69, 9.17) is 4.52 Å². The lowest BCUT2D eigenvalue weighted by Gasteiger charge is -2.36. The molecule has 1 aliphatic heterocycles. The molecule has 2 aromatic rings. The first-order chi connectivity index (χ1) is 16.4. The molecule has 3 amide bonds. The molecule has 0 spiro atoms. The first-order valence-corrected chi connectivity index (χ1v) is 12.7. The van der Waals surface area contributed by atoms with Crippen molar-refractivity contribution in [2.45, 2.75) is 39.0 Å². The lowest BCUT2D eigenvalue weighted by molar-refractivity contribution is -0.912. The highest BCUT2D eigenvalue weighted by Gasteiger charge is 2.34. The number of rotatable bonds is 11. The summed E-state index contributed by atoms with van der Waals surface area (Å²) in [4.78, 5) is 39.1. The van der Waals surface area contributed by atoms with E-state index in [0.717, 1.165) is 57.3 Å². The number of carbonyl (C=O) groups is 3. The second kappa shape index (κ2) is 12.6. The predicted octanol–water partition coefficient (Wildman–Crippen LogP) is 2.35. The predicted molar refractivity (Wildman–Crippen MR) is 132 cm³/mol. The van der Waals surface area contributed by atoms with Crippen molar-refractivity contribution in [3.8, 4) is 0 Å². The summed E-state index contributed by atoms with van der Waals surface area (Å²) in [5.41, 5.74) is 1.41. The second-order valence-electron chi connectivity index (χ2n) is 8.84. The molecule has 186 valence electrons. The maximum Gasteiger partial charge on any atom is 0.280 e. The Morgan fingerprint density at radius 1 is 1.06 bits per heavy atom. The van der Waals surface area contributed by atoms with E-state index < -0.39 is 0 Å². The van der Waals surface area contributed by atoms with Gasteiger partial charge in [0.1, 0.15) is 11.1 Å². The van der Waals surface area contributed by atoms with Crippen LogP contribution in [-0.2, 0) is 9.59 Å². The number of aromatic nitrogens is 1. The highest BCUT2D eigenvalue weighted by molar-refractivity contribution is 7.13. The molecule has 0 bridgehead atoms. The van der Waals surface area contributed by atoms with Crippen LogP contribution in [0.5, 0.6) is 0 Å². The number of aryl methyl sites for hydroxylation is 1. The molecular weight excluding hydrogens is 456 g/mol. The quantitative estimate of drug-likeness (QED) is 0.282. The van der Waals surface area contributed by atoms with Gasteiger partial charge < -0.3 is 30.3 Å². The average Bonchev–Trinajstić information content (AvgIpc) is 3.37. The Hall–Kier alpha value is -2.76. The Morgan fingerprint density at radius 3 is 2.41 bits per heavy atom. The number of thiophene rings is 1. The first kappa shape index (κ1) is 25.9. The topological polar surface area (TPSA) is 125 Å². The molecule has 0 aromatic carbocycles. The van der Waals surface area contributed by atoms with Crippen LogP contribution >= 0.6 is 11.3 Å². The zero-order chi connectivity index (χ0) is 24.4. The summed E-state index contributed by atoms with van der Waals surface area (Å²) >= 11 is 1.32. The fourth-order valence-electron chi connectivity index (χ4n) is 4.29. The summed E-state index contributed by atoms with van der Waals surface area (Å²) in [6.45, 7) is 5.11. The summed E-state index contributed by atoms with van der Waals surface area (Å²) in [6, 6.07) is 1.59. The van der Waals surface area contributed by atoms with Gasteiger partial charge in [-0.1, -0.05) is 5.16 Å². The zero-order valence-corrected chi connectivity index (χ0v) is 20.8. The molecule has 3 heterocycles. The van der Waals surface area contributed by atoms with Crippen molar-refractivity contribution in [3.63, 3.8) is 0 Å². The van der Waals surface area contributed by atoms with Crippen LogP contribution in [0.1, 0.15) is 47.3 Å². The van der Waals surface area contributed by atoms with Gasteiger partial charge in [-0.25, -0.2) is 0 Å². The summed E-state index contributed by atoms with van der Waals surface area (Å²) in [6.07, 6.45) is 6.33. The molecule has 10 nitrogen and oxygen atoms in total. The maximum absolute atomic E-state index is 13.2. The zero-order valence-electron chi connectivity index (χ0n) is 19.9. The number of nitrogens with zero attached hydrogens (tertiary/aromatic N) is 2. The average molecular weight is 492 g/mol. The molecule has 11 heteroatoms. The number of likely N-dealkylation sites (tertiary alicyclic amines) is 1. The van der Waals surface area contributed by atoms with Gasteiger partial charge in [-0.2, -0.15) is 0 Å². The number of carbonyl (C=O) groups excluding carboxylic acids is 3. The van der Waals surface area contributed by atoms with Crippen LogP contribution in [0.4, 0.5) is 11.5 Å². The van der Waals surface area contributed by atoms with E-state index in [1.54, 1.807) is 6.07 Å². The van der Waals surface area contributed by atoms with Gasteiger partial charge in [-0.05, 0) is 63.6 Å². The Morgan fingerprint density at radius 2 is 1.76 bits per heavy atom. The molecule has 0 unspecified atom stereocenters. The van der Waals surface area contributed by atoms with E-state index >= 15 is 0 Å². The first-order valence-electron chi connectivity index (χ1n) is 11.8. The van der Waals surface area contributed by atoms with Crippen molar-refractivity contribution in [3.05, 3.63) is 28.2 Å². The molecule has 0 aliphatic carbocycles. The molecule has 34 heavy (non-hydrogen) atoms. The third kappa shape index (κ3) is 7.37. The maximum atomic E-state index is 13.2. The summed E-state index contributed by atoms with van der Waals surface area (Å²) in [7, 11) is 1.87. The Kier molecular flexibility index (Phi) is 9.61. The van der Waals surface area contributed by atoms with Gasteiger partial charge in [0.25, 0.3) is 17.7 Å². The normalized spacial score (nSPS) is 15.4. The fraction of sp³-hybridized carbons (Fsp3) is 0.565. The second-order valence-corrected chi connectivity index (χ2v) is 9.72. The number of anilines is 2. The largest absolute Gasteiger partial charge is 0.363 e. The molecule has 3 rings (SSSR count). The molecular formula is C23H35N6O4S+. The number of nitrogens with one attached hydrogen (secondary N) is 4. The van der Waals surface area contributed by atoms with Gasteiger partial charge in [-0.15, -0.1) is 11.3 Å². The summed E-state index contributed by atoms with van der Waals surface area (Å²) in [5, 5.41) is 17.3. The van der Waals surface area contributed by atoms with Crippen molar-refractivity contribution < 1.29 is 23.4 Å². The van der Waals surface area contributed by atoms with E-state index in [0.29, 0.717) is 27.4 Å². The van der Waals surface area contributed by atoms with Crippen LogP contribution in [0, 0.1) is 6.92 Å². The van der Waals surface area contributed by atoms with Crippen LogP contribution in [0.25, 0.3) is 0 Å². The van der Waals surface area contributed by atoms with Crippen molar-refractivity contribution in [1.82, 2.24) is 15.8 Å². The van der Waals surface area contributed by atoms with Gasteiger partial charge in [0.2, 0.25) is 0 Å². The molecule has 0 saturated carbocycles. The van der Waals surface area contributed by atoms with E-state index in [2.05, 4.69) is 26.4 Å². The van der Waals surface area contributed by atoms with E-state index in [9.17, 15) is 14.4 Å². The monoisotopic (exact) mass is 491 g/mol. The summed E-state index contributed by atoms with van der Waals surface area (Å²) < 4.78 is 5.16. The van der Waals surface area contributed by atoms with Crippen molar-refractivity contribution >= 4 is 40.6 Å². The van der Waals surface area contributed by atoms with Crippen LogP contribution in [0.2, 0.25) is 0 Å². The SMILES string of the molecule is CNCCCNC(=O)c1scc(C)c1NC(=O)C[N+]1(CC(=O)Nc2ccon2)CCCCCC1. The van der Waals surface area contributed by atoms with E-state index in [-0.39, 0.29) is 30.8 Å². The molecule has 0 radical (unpaired) electrons. The van der Waals surface area contributed by atoms with Crippen molar-refractivity contribution in [2.24, 2.45) is 0 Å². The molecule has 4 N–H and O–H groups in total. The van der Waals surface area contributed by atoms with Crippen LogP contribution in [0.3, 0.4) is 0 Å². The fourth-order valence-corrected chi connectivity index (χ4v) is 5.22. The highest BCUT2D eigenvalue weighted by Crippen LogP contribution is 2.28. The Labute approximate surface area is 204 Å². The minimum Gasteiger partial charge on any atom is -0.363 e. The minimum atomic E-state index is -0.197. The molecule has 1 aliphatic rings. The van der Waals surface area contributed by atoms with Crippen molar-refractivity contribution in [1.29, 1.82) is 0 Å². The molecule has 0 atom stereocenters. The molecule has 1 fully saturated rings. The minimum absolute atomic E-state index is 0.171. The van der Waals surface area contributed by atoms with Gasteiger partial charge in [0.15, 0.2) is 18.9 Å². The summed E-state index contributed by atoms with van der Waals surface area (Å²) in [5.74, 6) is -0.212. The van der Waals surface area contributed by atoms with Crippen LogP contribution in [0.15, 0.2) is 22.2 Å². The standard InChI is InChI=1S/C23H34N6O4S/c1-17-16-34-22(23(32)25-10-7-9-24-2)21(17)27-20(31)15-29(11-5-3-4-6-12-29)14-19(30)26-18-8-13-33-28-18/h8,13,16,24H,3-7,9-12,14-15H2,1-2H3,(H2-,25,26,27,28,30,31,32)/p+1. The number of hydrogen-bond acceptors (Lipinski definition) is 7. The molecule has 2 aromatic heterocycles. The lowest BCUT2D eigenvalue weighted by atomic mass is 10.2. The van der Waals surface area contributed by atoms with E-state index in [1.807, 2.05) is 19.4 Å². The number of amides is 3. The number of quaternary nitrogens is 1.